The second kappa shape index (κ2) is 11.9. The molecule has 184 valence electrons. The van der Waals surface area contributed by atoms with Crippen LogP contribution in [-0.2, 0) is 13.1 Å². The van der Waals surface area contributed by atoms with Gasteiger partial charge in [0.15, 0.2) is 0 Å². The van der Waals surface area contributed by atoms with Gasteiger partial charge >= 0.3 is 0 Å². The Morgan fingerprint density at radius 2 is 1.71 bits per heavy atom. The number of hydrogen-bond acceptors (Lipinski definition) is 4. The number of benzene rings is 3. The van der Waals surface area contributed by atoms with E-state index in [1.54, 1.807) is 0 Å². The van der Waals surface area contributed by atoms with Crippen molar-refractivity contribution in [2.24, 2.45) is 0 Å². The molecule has 0 amide bonds. The quantitative estimate of drug-likeness (QED) is 0.369. The lowest BCUT2D eigenvalue weighted by atomic mass is 9.92. The van der Waals surface area contributed by atoms with Crippen LogP contribution in [0.4, 0.5) is 4.39 Å². The van der Waals surface area contributed by atoms with Gasteiger partial charge in [0.2, 0.25) is 0 Å². The van der Waals surface area contributed by atoms with Crippen molar-refractivity contribution < 1.29 is 9.13 Å². The largest absolute Gasteiger partial charge is 0.491 e. The fourth-order valence-electron chi connectivity index (χ4n) is 4.61. The summed E-state index contributed by atoms with van der Waals surface area (Å²) >= 11 is 0. The van der Waals surface area contributed by atoms with Gasteiger partial charge in [0.25, 0.3) is 0 Å². The van der Waals surface area contributed by atoms with Crippen molar-refractivity contribution in [1.82, 2.24) is 15.5 Å². The summed E-state index contributed by atoms with van der Waals surface area (Å²) in [5.74, 6) is 1.55. The third-order valence-electron chi connectivity index (χ3n) is 6.42. The summed E-state index contributed by atoms with van der Waals surface area (Å²) < 4.78 is 19.3. The molecule has 0 saturated carbocycles. The monoisotopic (exact) mass is 473 g/mol. The van der Waals surface area contributed by atoms with E-state index in [-0.39, 0.29) is 11.9 Å². The molecule has 2 N–H and O–H groups in total. The van der Waals surface area contributed by atoms with Crippen molar-refractivity contribution in [3.8, 4) is 5.75 Å². The van der Waals surface area contributed by atoms with Crippen LogP contribution in [0.2, 0.25) is 0 Å². The zero-order valence-corrected chi connectivity index (χ0v) is 20.7. The zero-order valence-electron chi connectivity index (χ0n) is 20.7. The van der Waals surface area contributed by atoms with Gasteiger partial charge in [-0.3, -0.25) is 0 Å². The molecule has 1 fully saturated rings. The van der Waals surface area contributed by atoms with Crippen LogP contribution in [0.25, 0.3) is 0 Å². The van der Waals surface area contributed by atoms with Crippen LogP contribution in [0, 0.1) is 5.82 Å². The maximum Gasteiger partial charge on any atom is 0.123 e. The third-order valence-corrected chi connectivity index (χ3v) is 6.42. The molecule has 0 bridgehead atoms. The highest BCUT2D eigenvalue weighted by Crippen LogP contribution is 2.29. The van der Waals surface area contributed by atoms with E-state index in [2.05, 4.69) is 64.6 Å². The van der Waals surface area contributed by atoms with E-state index in [9.17, 15) is 4.39 Å². The Labute approximate surface area is 208 Å². The van der Waals surface area contributed by atoms with Gasteiger partial charge in [-0.15, -0.1) is 0 Å². The van der Waals surface area contributed by atoms with Gasteiger partial charge in [0.05, 0.1) is 11.9 Å². The first-order valence-corrected chi connectivity index (χ1v) is 12.5. The molecule has 1 aliphatic heterocycles. The molecular weight excluding hydrogens is 437 g/mol. The molecule has 2 atom stereocenters. The summed E-state index contributed by atoms with van der Waals surface area (Å²) in [5, 5.41) is 7.21. The van der Waals surface area contributed by atoms with Crippen LogP contribution in [0.5, 0.6) is 5.75 Å². The summed E-state index contributed by atoms with van der Waals surface area (Å²) in [6.07, 6.45) is 2.16. The molecule has 0 spiro atoms. The number of hydrogen-bond donors (Lipinski definition) is 2. The van der Waals surface area contributed by atoms with Gasteiger partial charge < -0.3 is 20.3 Å². The average molecular weight is 474 g/mol. The highest BCUT2D eigenvalue weighted by Gasteiger charge is 2.28. The van der Waals surface area contributed by atoms with Gasteiger partial charge in [-0.1, -0.05) is 61.2 Å². The minimum absolute atomic E-state index is 0.156. The lowest BCUT2D eigenvalue weighted by molar-refractivity contribution is 0.166. The second-order valence-electron chi connectivity index (χ2n) is 9.46. The second-order valence-corrected chi connectivity index (χ2v) is 9.46. The van der Waals surface area contributed by atoms with Crippen molar-refractivity contribution in [2.75, 3.05) is 6.54 Å². The smallest absolute Gasteiger partial charge is 0.123 e. The number of halogens is 1. The van der Waals surface area contributed by atoms with E-state index in [0.29, 0.717) is 25.2 Å². The van der Waals surface area contributed by atoms with Crippen LogP contribution >= 0.6 is 0 Å². The lowest BCUT2D eigenvalue weighted by Crippen LogP contribution is -2.45. The van der Waals surface area contributed by atoms with E-state index in [0.717, 1.165) is 42.1 Å². The highest BCUT2D eigenvalue weighted by atomic mass is 19.1. The van der Waals surface area contributed by atoms with E-state index >= 15 is 0 Å². The van der Waals surface area contributed by atoms with Crippen molar-refractivity contribution >= 4 is 0 Å². The van der Waals surface area contributed by atoms with Crippen LogP contribution < -0.4 is 15.4 Å². The Morgan fingerprint density at radius 3 is 2.40 bits per heavy atom. The number of rotatable bonds is 10. The molecule has 0 aliphatic carbocycles. The zero-order chi connectivity index (χ0) is 24.6. The molecule has 35 heavy (non-hydrogen) atoms. The van der Waals surface area contributed by atoms with E-state index < -0.39 is 0 Å². The Kier molecular flexibility index (Phi) is 8.43. The first kappa shape index (κ1) is 24.8. The molecular formula is C30H36FN3O. The first-order chi connectivity index (χ1) is 17.0. The molecule has 4 nitrogen and oxygen atoms in total. The van der Waals surface area contributed by atoms with Gasteiger partial charge in [-0.05, 0) is 74.2 Å². The molecule has 1 aliphatic rings. The Morgan fingerprint density at radius 1 is 1.03 bits per heavy atom. The van der Waals surface area contributed by atoms with Crippen molar-refractivity contribution in [3.05, 3.63) is 114 Å². The minimum Gasteiger partial charge on any atom is -0.491 e. The predicted octanol–water partition coefficient (Wildman–Crippen LogP) is 6.17. The Balaban J connectivity index is 1.46. The molecule has 0 radical (unpaired) electrons. The molecule has 1 saturated heterocycles. The summed E-state index contributed by atoms with van der Waals surface area (Å²) in [4.78, 5) is 2.35. The van der Waals surface area contributed by atoms with Crippen molar-refractivity contribution in [2.45, 2.75) is 58.0 Å². The molecule has 5 heteroatoms. The molecule has 3 aromatic rings. The summed E-state index contributed by atoms with van der Waals surface area (Å²) in [6, 6.07) is 26.2. The van der Waals surface area contributed by atoms with Gasteiger partial charge in [-0.2, -0.15) is 0 Å². The molecule has 1 heterocycles. The van der Waals surface area contributed by atoms with E-state index in [1.165, 1.54) is 17.7 Å². The van der Waals surface area contributed by atoms with Gasteiger partial charge in [-0.25, -0.2) is 4.39 Å². The van der Waals surface area contributed by atoms with E-state index in [4.69, 9.17) is 4.74 Å². The SMILES string of the molecule is C=C(NCc1ccc(OC(C)C)cc1)N(Cc1ccc(F)cc1)[C@@H]1CCN[C@H](c2ccccc2)C1. The maximum atomic E-state index is 13.5. The van der Waals surface area contributed by atoms with Gasteiger partial charge in [0.1, 0.15) is 11.6 Å². The molecule has 3 aromatic carbocycles. The van der Waals surface area contributed by atoms with Crippen LogP contribution in [0.15, 0.2) is 91.3 Å². The van der Waals surface area contributed by atoms with E-state index in [1.807, 2.05) is 38.1 Å². The highest BCUT2D eigenvalue weighted by molar-refractivity contribution is 5.28. The number of piperidine rings is 1. The average Bonchev–Trinajstić information content (AvgIpc) is 2.88. The van der Waals surface area contributed by atoms with Crippen LogP contribution in [-0.4, -0.2) is 23.6 Å². The molecule has 0 aromatic heterocycles. The Hall–Kier alpha value is -3.31. The molecule has 4 rings (SSSR count). The normalized spacial score (nSPS) is 17.7. The summed E-state index contributed by atoms with van der Waals surface area (Å²) in [5.41, 5.74) is 3.54. The number of nitrogens with one attached hydrogen (secondary N) is 2. The lowest BCUT2D eigenvalue weighted by Gasteiger charge is -2.40. The Bertz CT molecular complexity index is 1070. The van der Waals surface area contributed by atoms with Crippen LogP contribution in [0.3, 0.4) is 0 Å². The standard InChI is InChI=1S/C30H36FN3O/c1-22(2)35-29-15-11-24(12-16-29)20-33-23(3)34(21-25-9-13-27(31)14-10-25)28-17-18-32-30(19-28)26-7-5-4-6-8-26/h4-16,22,28,30,32-33H,3,17-21H2,1-2H3/t28-,30+/m1/s1. The topological polar surface area (TPSA) is 36.5 Å². The maximum absolute atomic E-state index is 13.5. The third kappa shape index (κ3) is 7.09. The number of ether oxygens (including phenoxy) is 1. The summed E-state index contributed by atoms with van der Waals surface area (Å²) in [7, 11) is 0. The number of nitrogens with zero attached hydrogens (tertiary/aromatic N) is 1. The van der Waals surface area contributed by atoms with Crippen LogP contribution in [0.1, 0.15) is 49.4 Å². The van der Waals surface area contributed by atoms with Gasteiger partial charge in [0, 0.05) is 25.2 Å². The fourth-order valence-corrected chi connectivity index (χ4v) is 4.61. The minimum atomic E-state index is -0.215. The predicted molar refractivity (Wildman–Crippen MR) is 140 cm³/mol. The van der Waals surface area contributed by atoms with Crippen molar-refractivity contribution in [1.29, 1.82) is 0 Å². The first-order valence-electron chi connectivity index (χ1n) is 12.5. The summed E-state index contributed by atoms with van der Waals surface area (Å²) in [6.45, 7) is 10.8. The fraction of sp³-hybridized carbons (Fsp3) is 0.333. The van der Waals surface area contributed by atoms with Crippen molar-refractivity contribution in [3.63, 3.8) is 0 Å². The molecule has 0 unspecified atom stereocenters.